The Labute approximate surface area is 258 Å². The topological polar surface area (TPSA) is 96.0 Å². The molecule has 3 aromatic rings. The van der Waals surface area contributed by atoms with Gasteiger partial charge in [-0.3, -0.25) is 13.9 Å². The highest BCUT2D eigenvalue weighted by Gasteiger charge is 2.34. The van der Waals surface area contributed by atoms with E-state index in [-0.39, 0.29) is 17.3 Å². The third kappa shape index (κ3) is 8.40. The lowest BCUT2D eigenvalue weighted by Crippen LogP contribution is -2.52. The molecule has 0 unspecified atom stereocenters. The molecule has 0 saturated heterocycles. The summed E-state index contributed by atoms with van der Waals surface area (Å²) >= 11 is 12.9. The first-order valence-corrected chi connectivity index (χ1v) is 16.1. The van der Waals surface area contributed by atoms with Crippen molar-refractivity contribution in [2.45, 2.75) is 57.5 Å². The van der Waals surface area contributed by atoms with Crippen molar-refractivity contribution in [3.05, 3.63) is 88.4 Å². The van der Waals surface area contributed by atoms with E-state index in [0.717, 1.165) is 17.1 Å². The van der Waals surface area contributed by atoms with Crippen molar-refractivity contribution in [2.24, 2.45) is 0 Å². The Balaban J connectivity index is 2.04. The van der Waals surface area contributed by atoms with E-state index in [1.807, 2.05) is 13.8 Å². The summed E-state index contributed by atoms with van der Waals surface area (Å²) < 4.78 is 34.4. The molecular weight excluding hydrogens is 597 g/mol. The third-order valence-electron chi connectivity index (χ3n) is 6.65. The lowest BCUT2D eigenvalue weighted by atomic mass is 10.1. The zero-order chi connectivity index (χ0) is 30.7. The maximum atomic E-state index is 14.1. The molecule has 0 radical (unpaired) electrons. The van der Waals surface area contributed by atoms with Gasteiger partial charge in [-0.1, -0.05) is 67.7 Å². The van der Waals surface area contributed by atoms with Gasteiger partial charge in [0.15, 0.2) is 0 Å². The number of nitrogens with zero attached hydrogens (tertiary/aromatic N) is 2. The number of sulfonamides is 1. The Morgan fingerprint density at radius 1 is 0.905 bits per heavy atom. The van der Waals surface area contributed by atoms with Crippen molar-refractivity contribution in [3.8, 4) is 5.75 Å². The zero-order valence-corrected chi connectivity index (χ0v) is 26.4. The monoisotopic (exact) mass is 633 g/mol. The van der Waals surface area contributed by atoms with Gasteiger partial charge >= 0.3 is 0 Å². The van der Waals surface area contributed by atoms with Crippen LogP contribution in [-0.2, 0) is 26.2 Å². The first-order chi connectivity index (χ1) is 20.1. The van der Waals surface area contributed by atoms with E-state index in [0.29, 0.717) is 46.6 Å². The Bertz CT molecular complexity index is 1420. The second kappa shape index (κ2) is 15.8. The number of para-hydroxylation sites is 1. The number of nitrogens with one attached hydrogen (secondary N) is 1. The highest BCUT2D eigenvalue weighted by molar-refractivity contribution is 7.92. The number of halogens is 2. The summed E-state index contributed by atoms with van der Waals surface area (Å²) in [4.78, 5) is 28.8. The van der Waals surface area contributed by atoms with Gasteiger partial charge in [0.25, 0.3) is 10.0 Å². The number of ether oxygens (including phenoxy) is 1. The minimum atomic E-state index is -4.20. The molecule has 0 aliphatic rings. The van der Waals surface area contributed by atoms with Gasteiger partial charge in [-0.25, -0.2) is 8.42 Å². The largest absolute Gasteiger partial charge is 0.494 e. The molecule has 0 aliphatic heterocycles. The van der Waals surface area contributed by atoms with Gasteiger partial charge in [-0.2, -0.15) is 0 Å². The molecule has 1 atom stereocenters. The molecule has 11 heteroatoms. The number of unbranched alkanes of at least 4 members (excludes halogenated alkanes) is 1. The quantitative estimate of drug-likeness (QED) is 0.198. The minimum Gasteiger partial charge on any atom is -0.494 e. The molecule has 0 bridgehead atoms. The lowest BCUT2D eigenvalue weighted by molar-refractivity contribution is -0.140. The van der Waals surface area contributed by atoms with E-state index in [1.54, 1.807) is 67.6 Å². The van der Waals surface area contributed by atoms with Gasteiger partial charge < -0.3 is 15.0 Å². The van der Waals surface area contributed by atoms with Crippen molar-refractivity contribution in [2.75, 3.05) is 24.0 Å². The number of amides is 2. The van der Waals surface area contributed by atoms with Crippen molar-refractivity contribution in [3.63, 3.8) is 0 Å². The Kier molecular flexibility index (Phi) is 12.5. The Hall–Kier alpha value is -3.27. The summed E-state index contributed by atoms with van der Waals surface area (Å²) in [5.74, 6) is -0.383. The lowest BCUT2D eigenvalue weighted by Gasteiger charge is -2.33. The molecule has 3 aromatic carbocycles. The molecule has 0 aliphatic carbocycles. The summed E-state index contributed by atoms with van der Waals surface area (Å²) in [5.41, 5.74) is 0.769. The van der Waals surface area contributed by atoms with E-state index in [1.165, 1.54) is 17.0 Å². The second-order valence-electron chi connectivity index (χ2n) is 9.54. The number of hydrogen-bond acceptors (Lipinski definition) is 5. The van der Waals surface area contributed by atoms with Crippen molar-refractivity contribution < 1.29 is 22.7 Å². The van der Waals surface area contributed by atoms with Gasteiger partial charge in [0, 0.05) is 28.7 Å². The molecule has 226 valence electrons. The molecule has 3 rings (SSSR count). The zero-order valence-electron chi connectivity index (χ0n) is 24.1. The standard InChI is InChI=1S/C31H37Cl2N3O5S/c1-4-7-20-34-31(38)29(5-2)35(21-26-27(32)14-11-15-28(26)33)30(37)22-36(23-12-9-8-10-13-23)42(39,40)25-18-16-24(17-19-25)41-6-3/h8-19,29H,4-7,20-22H2,1-3H3,(H,34,38)/t29-/m1/s1. The van der Waals surface area contributed by atoms with Crippen LogP contribution in [0.4, 0.5) is 5.69 Å². The van der Waals surface area contributed by atoms with Crippen molar-refractivity contribution in [1.29, 1.82) is 0 Å². The second-order valence-corrected chi connectivity index (χ2v) is 12.2. The molecule has 0 aromatic heterocycles. The van der Waals surface area contributed by atoms with Crippen LogP contribution in [0.1, 0.15) is 45.6 Å². The SMILES string of the molecule is CCCCNC(=O)[C@@H](CC)N(Cc1c(Cl)cccc1Cl)C(=O)CN(c1ccccc1)S(=O)(=O)c1ccc(OCC)cc1. The molecule has 0 saturated carbocycles. The van der Waals surface area contributed by atoms with Crippen LogP contribution >= 0.6 is 23.2 Å². The van der Waals surface area contributed by atoms with Crippen LogP contribution in [0, 0.1) is 0 Å². The fraction of sp³-hybridized carbons (Fsp3) is 0.355. The predicted molar refractivity (Wildman–Crippen MR) is 168 cm³/mol. The van der Waals surface area contributed by atoms with Crippen LogP contribution in [0.2, 0.25) is 10.0 Å². The fourth-order valence-electron chi connectivity index (χ4n) is 4.40. The summed E-state index contributed by atoms with van der Waals surface area (Å²) in [7, 11) is -4.20. The summed E-state index contributed by atoms with van der Waals surface area (Å²) in [6, 6.07) is 18.5. The van der Waals surface area contributed by atoms with Crippen LogP contribution in [0.15, 0.2) is 77.7 Å². The van der Waals surface area contributed by atoms with Crippen molar-refractivity contribution in [1.82, 2.24) is 10.2 Å². The third-order valence-corrected chi connectivity index (χ3v) is 9.15. The van der Waals surface area contributed by atoms with Crippen molar-refractivity contribution >= 4 is 50.7 Å². The molecule has 0 heterocycles. The van der Waals surface area contributed by atoms with E-state index < -0.39 is 28.5 Å². The average Bonchev–Trinajstić information content (AvgIpc) is 2.98. The molecule has 8 nitrogen and oxygen atoms in total. The molecule has 0 fully saturated rings. The van der Waals surface area contributed by atoms with Gasteiger partial charge in [0.05, 0.1) is 17.2 Å². The maximum Gasteiger partial charge on any atom is 0.264 e. The number of anilines is 1. The molecule has 0 spiro atoms. The number of rotatable bonds is 15. The van der Waals surface area contributed by atoms with Crippen LogP contribution in [-0.4, -0.2) is 50.9 Å². The van der Waals surface area contributed by atoms with Crippen LogP contribution in [0.5, 0.6) is 5.75 Å². The highest BCUT2D eigenvalue weighted by Crippen LogP contribution is 2.29. The van der Waals surface area contributed by atoms with E-state index in [2.05, 4.69) is 5.32 Å². The summed E-state index contributed by atoms with van der Waals surface area (Å²) in [6.07, 6.45) is 1.97. The van der Waals surface area contributed by atoms with Crippen LogP contribution in [0.25, 0.3) is 0 Å². The Morgan fingerprint density at radius 3 is 2.12 bits per heavy atom. The molecule has 42 heavy (non-hydrogen) atoms. The summed E-state index contributed by atoms with van der Waals surface area (Å²) in [6.45, 7) is 5.91. The predicted octanol–water partition coefficient (Wildman–Crippen LogP) is 6.31. The van der Waals surface area contributed by atoms with Gasteiger partial charge in [0.1, 0.15) is 18.3 Å². The van der Waals surface area contributed by atoms with E-state index in [4.69, 9.17) is 27.9 Å². The van der Waals surface area contributed by atoms with Gasteiger partial charge in [0.2, 0.25) is 11.8 Å². The number of carbonyl (C=O) groups excluding carboxylic acids is 2. The number of benzene rings is 3. The van der Waals surface area contributed by atoms with Gasteiger partial charge in [-0.15, -0.1) is 0 Å². The van der Waals surface area contributed by atoms with E-state index >= 15 is 0 Å². The normalized spacial score (nSPS) is 11.9. The smallest absolute Gasteiger partial charge is 0.264 e. The molecular formula is C31H37Cl2N3O5S. The maximum absolute atomic E-state index is 14.1. The first-order valence-electron chi connectivity index (χ1n) is 13.9. The van der Waals surface area contributed by atoms with Crippen LogP contribution in [0.3, 0.4) is 0 Å². The average molecular weight is 635 g/mol. The van der Waals surface area contributed by atoms with Gasteiger partial charge in [-0.05, 0) is 68.3 Å². The van der Waals surface area contributed by atoms with Crippen LogP contribution < -0.4 is 14.4 Å². The molecule has 1 N–H and O–H groups in total. The molecule has 2 amide bonds. The highest BCUT2D eigenvalue weighted by atomic mass is 35.5. The fourth-order valence-corrected chi connectivity index (χ4v) is 6.34. The summed E-state index contributed by atoms with van der Waals surface area (Å²) in [5, 5.41) is 3.57. The number of carbonyl (C=O) groups is 2. The Morgan fingerprint density at radius 2 is 1.55 bits per heavy atom. The van der Waals surface area contributed by atoms with E-state index in [9.17, 15) is 18.0 Å². The first kappa shape index (κ1) is 33.2. The number of hydrogen-bond donors (Lipinski definition) is 1. The minimum absolute atomic E-state index is 0.00680.